The Labute approximate surface area is 147 Å². The number of hydrogen-bond acceptors (Lipinski definition) is 6. The average molecular weight is 359 g/mol. The molecular weight excluding hydrogens is 342 g/mol. The number of para-hydroxylation sites is 1. The number of nitrogens with zero attached hydrogens (tertiary/aromatic N) is 2. The van der Waals surface area contributed by atoms with Crippen LogP contribution < -0.4 is 10.9 Å². The highest BCUT2D eigenvalue weighted by Crippen LogP contribution is 2.27. The number of anilines is 1. The number of benzene rings is 1. The number of aliphatic hydroxyl groups excluding tert-OH is 2. The Kier molecular flexibility index (Phi) is 4.93. The van der Waals surface area contributed by atoms with Crippen molar-refractivity contribution in [2.24, 2.45) is 0 Å². The molecule has 0 aliphatic heterocycles. The Balaban J connectivity index is 1.98. The Bertz CT molecular complexity index is 965. The van der Waals surface area contributed by atoms with Crippen molar-refractivity contribution < 1.29 is 15.0 Å². The predicted molar refractivity (Wildman–Crippen MR) is 96.1 cm³/mol. The molecule has 0 bridgehead atoms. The predicted octanol–water partition coefficient (Wildman–Crippen LogP) is 1.37. The van der Waals surface area contributed by atoms with Crippen molar-refractivity contribution in [2.45, 2.75) is 19.6 Å². The van der Waals surface area contributed by atoms with Gasteiger partial charge in [0.25, 0.3) is 11.5 Å². The Morgan fingerprint density at radius 2 is 2.08 bits per heavy atom. The van der Waals surface area contributed by atoms with E-state index in [9.17, 15) is 14.7 Å². The molecule has 0 radical (unpaired) electrons. The smallest absolute Gasteiger partial charge is 0.266 e. The van der Waals surface area contributed by atoms with Crippen LogP contribution in [0.3, 0.4) is 0 Å². The second-order valence-corrected chi connectivity index (χ2v) is 6.59. The van der Waals surface area contributed by atoms with E-state index in [4.69, 9.17) is 5.11 Å². The molecule has 1 atom stereocenters. The molecule has 2 heterocycles. The number of aromatic nitrogens is 2. The standard InChI is InChI=1S/C17H17N3O4S/c1-10-13-16(18-9-20(17(13)24)7-12(22)8-21)25-14(10)15(23)19-11-5-3-2-4-6-11/h2-6,9,12,21-22H,7-8H2,1H3,(H,19,23)/t12-/m1/s1. The molecule has 0 aliphatic rings. The lowest BCUT2D eigenvalue weighted by atomic mass is 10.2. The van der Waals surface area contributed by atoms with Crippen LogP contribution in [0.25, 0.3) is 10.2 Å². The summed E-state index contributed by atoms with van der Waals surface area (Å²) in [6, 6.07) is 9.05. The molecule has 0 spiro atoms. The number of fused-ring (bicyclic) bond motifs is 1. The molecule has 0 aliphatic carbocycles. The largest absolute Gasteiger partial charge is 0.394 e. The Morgan fingerprint density at radius 3 is 2.76 bits per heavy atom. The first kappa shape index (κ1) is 17.3. The third-order valence-electron chi connectivity index (χ3n) is 3.77. The van der Waals surface area contributed by atoms with E-state index in [-0.39, 0.29) is 18.0 Å². The van der Waals surface area contributed by atoms with E-state index < -0.39 is 12.7 Å². The molecule has 7 nitrogen and oxygen atoms in total. The van der Waals surface area contributed by atoms with Gasteiger partial charge < -0.3 is 15.5 Å². The molecule has 3 aromatic rings. The number of nitrogens with one attached hydrogen (secondary N) is 1. The molecule has 130 valence electrons. The van der Waals surface area contributed by atoms with Crippen LogP contribution in [0.2, 0.25) is 0 Å². The summed E-state index contributed by atoms with van der Waals surface area (Å²) in [5, 5.41) is 21.6. The minimum atomic E-state index is -1.04. The molecule has 0 saturated carbocycles. The second kappa shape index (κ2) is 7.14. The summed E-state index contributed by atoms with van der Waals surface area (Å²) in [5.74, 6) is -0.298. The number of amides is 1. The second-order valence-electron chi connectivity index (χ2n) is 5.59. The summed E-state index contributed by atoms with van der Waals surface area (Å²) in [7, 11) is 0. The molecular formula is C17H17N3O4S. The monoisotopic (exact) mass is 359 g/mol. The summed E-state index contributed by atoms with van der Waals surface area (Å²) >= 11 is 1.15. The summed E-state index contributed by atoms with van der Waals surface area (Å²) < 4.78 is 1.24. The zero-order chi connectivity index (χ0) is 18.0. The van der Waals surface area contributed by atoms with Crippen molar-refractivity contribution >= 4 is 33.1 Å². The van der Waals surface area contributed by atoms with E-state index in [1.807, 2.05) is 18.2 Å². The van der Waals surface area contributed by atoms with E-state index >= 15 is 0 Å². The van der Waals surface area contributed by atoms with Gasteiger partial charge in [0.1, 0.15) is 4.83 Å². The number of aliphatic hydroxyl groups is 2. The van der Waals surface area contributed by atoms with Gasteiger partial charge in [-0.3, -0.25) is 14.2 Å². The first-order valence-corrected chi connectivity index (χ1v) is 8.46. The number of thiophene rings is 1. The van der Waals surface area contributed by atoms with Gasteiger partial charge in [0, 0.05) is 5.69 Å². The molecule has 3 N–H and O–H groups in total. The molecule has 0 saturated heterocycles. The van der Waals surface area contributed by atoms with Crippen LogP contribution in [0.1, 0.15) is 15.2 Å². The first-order valence-electron chi connectivity index (χ1n) is 7.65. The van der Waals surface area contributed by atoms with Crippen LogP contribution in [0, 0.1) is 6.92 Å². The van der Waals surface area contributed by atoms with Gasteiger partial charge in [-0.05, 0) is 24.6 Å². The van der Waals surface area contributed by atoms with Crippen molar-refractivity contribution in [1.29, 1.82) is 0 Å². The van der Waals surface area contributed by atoms with E-state index in [0.29, 0.717) is 26.3 Å². The maximum Gasteiger partial charge on any atom is 0.266 e. The van der Waals surface area contributed by atoms with Gasteiger partial charge in [-0.1, -0.05) is 18.2 Å². The van der Waals surface area contributed by atoms with Gasteiger partial charge >= 0.3 is 0 Å². The molecule has 1 amide bonds. The van der Waals surface area contributed by atoms with Crippen molar-refractivity contribution in [3.05, 3.63) is 57.5 Å². The van der Waals surface area contributed by atoms with Crippen molar-refractivity contribution in [1.82, 2.24) is 9.55 Å². The van der Waals surface area contributed by atoms with E-state index in [1.165, 1.54) is 10.9 Å². The first-order chi connectivity index (χ1) is 12.0. The SMILES string of the molecule is Cc1c(C(=O)Nc2ccccc2)sc2ncn(C[C@@H](O)CO)c(=O)c12. The van der Waals surface area contributed by atoms with Crippen molar-refractivity contribution in [3.63, 3.8) is 0 Å². The minimum Gasteiger partial charge on any atom is -0.394 e. The fourth-order valence-electron chi connectivity index (χ4n) is 2.50. The molecule has 3 rings (SSSR count). The highest BCUT2D eigenvalue weighted by molar-refractivity contribution is 7.20. The summed E-state index contributed by atoms with van der Waals surface area (Å²) in [6.07, 6.45) is 0.273. The molecule has 25 heavy (non-hydrogen) atoms. The summed E-state index contributed by atoms with van der Waals surface area (Å²) in [6.45, 7) is 1.20. The quantitative estimate of drug-likeness (QED) is 0.638. The number of aryl methyl sites for hydroxylation is 1. The number of carbonyl (C=O) groups is 1. The van der Waals surface area contributed by atoms with Gasteiger partial charge in [-0.15, -0.1) is 11.3 Å². The Morgan fingerprint density at radius 1 is 1.36 bits per heavy atom. The maximum absolute atomic E-state index is 12.6. The van der Waals surface area contributed by atoms with Crippen LogP contribution >= 0.6 is 11.3 Å². The number of hydrogen-bond donors (Lipinski definition) is 3. The third-order valence-corrected chi connectivity index (χ3v) is 4.97. The average Bonchev–Trinajstić information content (AvgIpc) is 2.95. The lowest BCUT2D eigenvalue weighted by Crippen LogP contribution is -2.28. The Hall–Kier alpha value is -2.55. The number of rotatable bonds is 5. The zero-order valence-electron chi connectivity index (χ0n) is 13.5. The van der Waals surface area contributed by atoms with Crippen LogP contribution in [0.5, 0.6) is 0 Å². The third kappa shape index (κ3) is 3.46. The molecule has 1 aromatic carbocycles. The zero-order valence-corrected chi connectivity index (χ0v) is 14.3. The van der Waals surface area contributed by atoms with Crippen LogP contribution in [-0.4, -0.2) is 38.4 Å². The minimum absolute atomic E-state index is 0.0564. The van der Waals surface area contributed by atoms with Gasteiger partial charge in [0.2, 0.25) is 0 Å². The maximum atomic E-state index is 12.6. The lowest BCUT2D eigenvalue weighted by molar-refractivity contribution is 0.0802. The van der Waals surface area contributed by atoms with Gasteiger partial charge in [0.05, 0.1) is 35.8 Å². The molecule has 0 unspecified atom stereocenters. The lowest BCUT2D eigenvalue weighted by Gasteiger charge is -2.09. The van der Waals surface area contributed by atoms with E-state index in [1.54, 1.807) is 19.1 Å². The van der Waals surface area contributed by atoms with Gasteiger partial charge in [0.15, 0.2) is 0 Å². The van der Waals surface area contributed by atoms with Crippen LogP contribution in [0.15, 0.2) is 41.5 Å². The highest BCUT2D eigenvalue weighted by atomic mass is 32.1. The molecule has 2 aromatic heterocycles. The fourth-order valence-corrected chi connectivity index (χ4v) is 3.53. The van der Waals surface area contributed by atoms with Crippen LogP contribution in [-0.2, 0) is 6.54 Å². The molecule has 0 fully saturated rings. The molecule has 8 heteroatoms. The fraction of sp³-hybridized carbons (Fsp3) is 0.235. The number of carbonyl (C=O) groups excluding carboxylic acids is 1. The van der Waals surface area contributed by atoms with Crippen molar-refractivity contribution in [3.8, 4) is 0 Å². The summed E-state index contributed by atoms with van der Waals surface area (Å²) in [4.78, 5) is 30.2. The van der Waals surface area contributed by atoms with Gasteiger partial charge in [-0.25, -0.2) is 4.98 Å². The van der Waals surface area contributed by atoms with E-state index in [2.05, 4.69) is 10.3 Å². The van der Waals surface area contributed by atoms with Gasteiger partial charge in [-0.2, -0.15) is 0 Å². The van der Waals surface area contributed by atoms with E-state index in [0.717, 1.165) is 11.3 Å². The van der Waals surface area contributed by atoms with Crippen LogP contribution in [0.4, 0.5) is 5.69 Å². The highest BCUT2D eigenvalue weighted by Gasteiger charge is 2.20. The summed E-state index contributed by atoms with van der Waals surface area (Å²) in [5.41, 5.74) is 0.879. The normalized spacial score (nSPS) is 12.3. The van der Waals surface area contributed by atoms with Crippen molar-refractivity contribution in [2.75, 3.05) is 11.9 Å². The topological polar surface area (TPSA) is 104 Å².